The number of methoxy groups -OCH3 is 1. The zero-order valence-corrected chi connectivity index (χ0v) is 13.8. The van der Waals surface area contributed by atoms with Crippen molar-refractivity contribution < 1.29 is 19.4 Å². The molecule has 2 aromatic carbocycles. The summed E-state index contributed by atoms with van der Waals surface area (Å²) >= 11 is 3.37. The second kappa shape index (κ2) is 7.17. The summed E-state index contributed by atoms with van der Waals surface area (Å²) in [7, 11) is 1.51. The van der Waals surface area contributed by atoms with Crippen LogP contribution in [0, 0.1) is 0 Å². The molecule has 5 nitrogen and oxygen atoms in total. The summed E-state index contributed by atoms with van der Waals surface area (Å²) in [6.45, 7) is 2.35. The Morgan fingerprint density at radius 2 is 2.05 bits per heavy atom. The third kappa shape index (κ3) is 3.51. The highest BCUT2D eigenvalue weighted by Gasteiger charge is 2.16. The normalized spacial score (nSPS) is 10.1. The zero-order chi connectivity index (χ0) is 16.1. The molecule has 2 rings (SSSR count). The number of amides is 1. The van der Waals surface area contributed by atoms with E-state index in [-0.39, 0.29) is 11.7 Å². The zero-order valence-electron chi connectivity index (χ0n) is 12.2. The molecule has 0 aliphatic carbocycles. The minimum absolute atomic E-state index is 0.00724. The van der Waals surface area contributed by atoms with E-state index in [9.17, 15) is 9.90 Å². The van der Waals surface area contributed by atoms with Crippen molar-refractivity contribution in [1.29, 1.82) is 0 Å². The van der Waals surface area contributed by atoms with E-state index >= 15 is 0 Å². The van der Waals surface area contributed by atoms with Crippen molar-refractivity contribution in [1.82, 2.24) is 0 Å². The van der Waals surface area contributed by atoms with Gasteiger partial charge in [-0.2, -0.15) is 0 Å². The maximum atomic E-state index is 12.3. The highest BCUT2D eigenvalue weighted by Crippen LogP contribution is 2.37. The van der Waals surface area contributed by atoms with Gasteiger partial charge < -0.3 is 19.9 Å². The largest absolute Gasteiger partial charge is 0.506 e. The smallest absolute Gasteiger partial charge is 0.255 e. The van der Waals surface area contributed by atoms with Crippen LogP contribution in [0.4, 0.5) is 5.69 Å². The van der Waals surface area contributed by atoms with Crippen molar-refractivity contribution in [2.75, 3.05) is 19.0 Å². The molecular formula is C16H16BrNO4. The number of carbonyl (C=O) groups is 1. The summed E-state index contributed by atoms with van der Waals surface area (Å²) < 4.78 is 11.4. The van der Waals surface area contributed by atoms with Gasteiger partial charge in [0.05, 0.1) is 23.9 Å². The second-order valence-corrected chi connectivity index (χ2v) is 5.25. The molecule has 0 saturated carbocycles. The Morgan fingerprint density at radius 3 is 2.68 bits per heavy atom. The molecule has 116 valence electrons. The highest BCUT2D eigenvalue weighted by atomic mass is 79.9. The van der Waals surface area contributed by atoms with E-state index in [1.54, 1.807) is 30.3 Å². The fourth-order valence-electron chi connectivity index (χ4n) is 1.91. The first-order valence-corrected chi connectivity index (χ1v) is 7.45. The molecule has 0 fully saturated rings. The standard InChI is InChI=1S/C16H16BrNO4/c1-3-22-15-11(17)8-10(9-14(15)21-2)16(20)18-12-6-4-5-7-13(12)19/h4-9,19H,3H2,1-2H3,(H,18,20). The van der Waals surface area contributed by atoms with E-state index in [0.717, 1.165) is 0 Å². The first-order valence-electron chi connectivity index (χ1n) is 6.66. The Balaban J connectivity index is 2.30. The van der Waals surface area contributed by atoms with E-state index in [2.05, 4.69) is 21.2 Å². The van der Waals surface area contributed by atoms with Crippen LogP contribution < -0.4 is 14.8 Å². The van der Waals surface area contributed by atoms with Crippen molar-refractivity contribution >= 4 is 27.5 Å². The van der Waals surface area contributed by atoms with E-state index in [4.69, 9.17) is 9.47 Å². The van der Waals surface area contributed by atoms with Crippen LogP contribution in [0.25, 0.3) is 0 Å². The van der Waals surface area contributed by atoms with Gasteiger partial charge in [0, 0.05) is 5.56 Å². The lowest BCUT2D eigenvalue weighted by Gasteiger charge is -2.13. The predicted octanol–water partition coefficient (Wildman–Crippen LogP) is 3.81. The van der Waals surface area contributed by atoms with E-state index in [1.807, 2.05) is 6.92 Å². The van der Waals surface area contributed by atoms with Crippen molar-refractivity contribution in [2.45, 2.75) is 6.92 Å². The number of nitrogens with one attached hydrogen (secondary N) is 1. The van der Waals surface area contributed by atoms with Crippen LogP contribution >= 0.6 is 15.9 Å². The molecule has 2 N–H and O–H groups in total. The van der Waals surface area contributed by atoms with Crippen LogP contribution in [0.15, 0.2) is 40.9 Å². The lowest BCUT2D eigenvalue weighted by Crippen LogP contribution is -2.12. The molecule has 0 unspecified atom stereocenters. The van der Waals surface area contributed by atoms with Gasteiger partial charge in [-0.1, -0.05) is 12.1 Å². The summed E-state index contributed by atoms with van der Waals surface area (Å²) in [5, 5.41) is 12.4. The number of anilines is 1. The molecule has 0 aliphatic rings. The second-order valence-electron chi connectivity index (χ2n) is 4.39. The summed E-state index contributed by atoms with van der Waals surface area (Å²) in [5.41, 5.74) is 0.729. The number of hydrogen-bond donors (Lipinski definition) is 2. The van der Waals surface area contributed by atoms with E-state index in [0.29, 0.717) is 33.8 Å². The number of carbonyl (C=O) groups excluding carboxylic acids is 1. The Labute approximate surface area is 137 Å². The SMILES string of the molecule is CCOc1c(Br)cc(C(=O)Nc2ccccc2O)cc1OC. The van der Waals surface area contributed by atoms with E-state index < -0.39 is 0 Å². The number of aromatic hydroxyl groups is 1. The monoisotopic (exact) mass is 365 g/mol. The third-order valence-electron chi connectivity index (χ3n) is 2.93. The molecule has 0 radical (unpaired) electrons. The first-order chi connectivity index (χ1) is 10.6. The van der Waals surface area contributed by atoms with Gasteiger partial charge >= 0.3 is 0 Å². The molecule has 6 heteroatoms. The van der Waals surface area contributed by atoms with Crippen LogP contribution in [0.1, 0.15) is 17.3 Å². The minimum Gasteiger partial charge on any atom is -0.506 e. The maximum absolute atomic E-state index is 12.3. The topological polar surface area (TPSA) is 67.8 Å². The van der Waals surface area contributed by atoms with Gasteiger partial charge in [-0.05, 0) is 47.1 Å². The Morgan fingerprint density at radius 1 is 1.32 bits per heavy atom. The molecule has 0 spiro atoms. The number of rotatable bonds is 5. The van der Waals surface area contributed by atoms with Crippen LogP contribution in [0.5, 0.6) is 17.2 Å². The van der Waals surface area contributed by atoms with E-state index in [1.165, 1.54) is 13.2 Å². The van der Waals surface area contributed by atoms with Crippen molar-refractivity contribution in [3.05, 3.63) is 46.4 Å². The van der Waals surface area contributed by atoms with Gasteiger partial charge in [-0.25, -0.2) is 0 Å². The summed E-state index contributed by atoms with van der Waals surface area (Å²) in [4.78, 5) is 12.3. The number of phenolic OH excluding ortho intramolecular Hbond substituents is 1. The van der Waals surface area contributed by atoms with Gasteiger partial charge in [0.25, 0.3) is 5.91 Å². The molecule has 2 aromatic rings. The average Bonchev–Trinajstić information content (AvgIpc) is 2.51. The van der Waals surface area contributed by atoms with Gasteiger partial charge in [0.15, 0.2) is 11.5 Å². The molecule has 0 bridgehead atoms. The van der Waals surface area contributed by atoms with Crippen molar-refractivity contribution in [3.63, 3.8) is 0 Å². The Hall–Kier alpha value is -2.21. The molecule has 0 heterocycles. The molecule has 0 aromatic heterocycles. The fourth-order valence-corrected chi connectivity index (χ4v) is 2.47. The number of phenols is 1. The van der Waals surface area contributed by atoms with Crippen LogP contribution in [-0.4, -0.2) is 24.7 Å². The Kier molecular flexibility index (Phi) is 5.27. The van der Waals surface area contributed by atoms with Crippen LogP contribution in [0.3, 0.4) is 0 Å². The highest BCUT2D eigenvalue weighted by molar-refractivity contribution is 9.10. The lowest BCUT2D eigenvalue weighted by molar-refractivity contribution is 0.102. The van der Waals surface area contributed by atoms with Gasteiger partial charge in [0.1, 0.15) is 5.75 Å². The quantitative estimate of drug-likeness (QED) is 0.790. The summed E-state index contributed by atoms with van der Waals surface area (Å²) in [5.74, 6) is 0.652. The Bertz CT molecular complexity index is 688. The minimum atomic E-state index is -0.358. The number of benzene rings is 2. The summed E-state index contributed by atoms with van der Waals surface area (Å²) in [6.07, 6.45) is 0. The van der Waals surface area contributed by atoms with Crippen LogP contribution in [-0.2, 0) is 0 Å². The van der Waals surface area contributed by atoms with Gasteiger partial charge in [-0.15, -0.1) is 0 Å². The molecule has 0 atom stereocenters. The maximum Gasteiger partial charge on any atom is 0.255 e. The number of para-hydroxylation sites is 2. The molecule has 0 saturated heterocycles. The van der Waals surface area contributed by atoms with Gasteiger partial charge in [-0.3, -0.25) is 4.79 Å². The first kappa shape index (κ1) is 16.2. The fraction of sp³-hybridized carbons (Fsp3) is 0.188. The predicted molar refractivity (Wildman–Crippen MR) is 87.9 cm³/mol. The third-order valence-corrected chi connectivity index (χ3v) is 3.52. The molecular weight excluding hydrogens is 350 g/mol. The number of hydrogen-bond acceptors (Lipinski definition) is 4. The summed E-state index contributed by atoms with van der Waals surface area (Å²) in [6, 6.07) is 9.76. The average molecular weight is 366 g/mol. The van der Waals surface area contributed by atoms with Crippen LogP contribution in [0.2, 0.25) is 0 Å². The number of ether oxygens (including phenoxy) is 2. The van der Waals surface area contributed by atoms with Crippen molar-refractivity contribution in [2.24, 2.45) is 0 Å². The molecule has 1 amide bonds. The molecule has 22 heavy (non-hydrogen) atoms. The van der Waals surface area contributed by atoms with Gasteiger partial charge in [0.2, 0.25) is 0 Å². The van der Waals surface area contributed by atoms with Crippen molar-refractivity contribution in [3.8, 4) is 17.2 Å². The molecule has 0 aliphatic heterocycles. The lowest BCUT2D eigenvalue weighted by atomic mass is 10.1. The number of halogens is 1.